The first-order valence-electron chi connectivity index (χ1n) is 19.5. The Morgan fingerprint density at radius 1 is 0.328 bits per heavy atom. The number of rotatable bonds is 5. The predicted molar refractivity (Wildman–Crippen MR) is 238 cm³/mol. The summed E-state index contributed by atoms with van der Waals surface area (Å²) in [7, 11) is 0. The van der Waals surface area contributed by atoms with Crippen LogP contribution in [0.2, 0.25) is 0 Å². The van der Waals surface area contributed by atoms with Crippen LogP contribution in [0.3, 0.4) is 0 Å². The zero-order valence-electron chi connectivity index (χ0n) is 31.2. The molecule has 0 bridgehead atoms. The summed E-state index contributed by atoms with van der Waals surface area (Å²) in [5.74, 6) is 1.87. The van der Waals surface area contributed by atoms with Crippen molar-refractivity contribution in [2.75, 3.05) is 0 Å². The molecule has 0 amide bonds. The Balaban J connectivity index is 0.987. The first kappa shape index (κ1) is 32.4. The van der Waals surface area contributed by atoms with E-state index >= 15 is 0 Å². The van der Waals surface area contributed by atoms with Crippen molar-refractivity contribution in [3.8, 4) is 51.0 Å². The number of hydrogen-bond donors (Lipinski definition) is 0. The minimum atomic E-state index is 0.610. The predicted octanol–water partition coefficient (Wildman–Crippen LogP) is 13.8. The molecular formula is C53H32N4O. The van der Waals surface area contributed by atoms with Crippen LogP contribution < -0.4 is 0 Å². The lowest BCUT2D eigenvalue weighted by Crippen LogP contribution is -2.00. The smallest absolute Gasteiger partial charge is 0.164 e. The van der Waals surface area contributed by atoms with E-state index in [1.165, 1.54) is 27.2 Å². The topological polar surface area (TPSA) is 56.7 Å². The monoisotopic (exact) mass is 740 g/mol. The van der Waals surface area contributed by atoms with Gasteiger partial charge in [-0.05, 0) is 87.9 Å². The summed E-state index contributed by atoms with van der Waals surface area (Å²) < 4.78 is 9.05. The van der Waals surface area contributed by atoms with Crippen molar-refractivity contribution in [1.82, 2.24) is 19.5 Å². The summed E-state index contributed by atoms with van der Waals surface area (Å²) in [6.07, 6.45) is 0. The van der Waals surface area contributed by atoms with Gasteiger partial charge in [0.25, 0.3) is 0 Å². The van der Waals surface area contributed by atoms with Gasteiger partial charge in [0.15, 0.2) is 17.5 Å². The highest BCUT2D eigenvalue weighted by molar-refractivity contribution is 6.16. The molecule has 0 atom stereocenters. The number of nitrogens with zero attached hydrogens (tertiary/aromatic N) is 4. The van der Waals surface area contributed by atoms with Crippen molar-refractivity contribution in [1.29, 1.82) is 0 Å². The standard InChI is InChI=1S/C53H32N4O/c1-3-12-35(13-4-1)51-54-52(39-21-19-33-11-7-8-14-36(33)29-39)56-53(55-51)40-22-20-34-23-26-43-46-31-38(25-28-49(46)58-50(43)44(34)32-40)37-24-27-48-45(30-37)42-17-9-10-18-47(42)57(48)41-15-5-2-6-16-41/h1-32H. The second-order valence-corrected chi connectivity index (χ2v) is 14.8. The SMILES string of the molecule is c1ccc(-c2nc(-c3ccc4ccccc4c3)nc(-c3ccc4ccc5c6cc(-c7ccc8c(c7)c7ccccc7n8-c7ccccc7)ccc6oc5c4c3)n2)cc1. The van der Waals surface area contributed by atoms with Crippen LogP contribution in [0.25, 0.3) is 116 Å². The number of furan rings is 1. The normalized spacial score (nSPS) is 11.8. The Morgan fingerprint density at radius 3 is 1.71 bits per heavy atom. The van der Waals surface area contributed by atoms with E-state index in [0.717, 1.165) is 71.6 Å². The van der Waals surface area contributed by atoms with Crippen LogP contribution in [-0.4, -0.2) is 19.5 Å². The quantitative estimate of drug-likeness (QED) is 0.176. The van der Waals surface area contributed by atoms with E-state index in [9.17, 15) is 0 Å². The molecule has 9 aromatic carbocycles. The van der Waals surface area contributed by atoms with Gasteiger partial charge in [0.1, 0.15) is 11.2 Å². The Kier molecular flexibility index (Phi) is 7.16. The molecule has 0 aliphatic carbocycles. The van der Waals surface area contributed by atoms with Gasteiger partial charge in [-0.1, -0.05) is 133 Å². The number of fused-ring (bicyclic) bond motifs is 9. The van der Waals surface area contributed by atoms with E-state index in [0.29, 0.717) is 17.5 Å². The van der Waals surface area contributed by atoms with E-state index in [1.54, 1.807) is 0 Å². The zero-order chi connectivity index (χ0) is 38.2. The van der Waals surface area contributed by atoms with Gasteiger partial charge in [-0.25, -0.2) is 15.0 Å². The Hall–Kier alpha value is -7.89. The molecule has 5 nitrogen and oxygen atoms in total. The molecule has 12 rings (SSSR count). The van der Waals surface area contributed by atoms with E-state index in [4.69, 9.17) is 19.4 Å². The fourth-order valence-electron chi connectivity index (χ4n) is 8.56. The van der Waals surface area contributed by atoms with Crippen molar-refractivity contribution in [3.63, 3.8) is 0 Å². The van der Waals surface area contributed by atoms with Crippen molar-refractivity contribution in [3.05, 3.63) is 194 Å². The minimum Gasteiger partial charge on any atom is -0.455 e. The maximum absolute atomic E-state index is 6.70. The van der Waals surface area contributed by atoms with E-state index in [1.807, 2.05) is 30.3 Å². The highest BCUT2D eigenvalue weighted by atomic mass is 16.3. The average molecular weight is 741 g/mol. The van der Waals surface area contributed by atoms with Crippen LogP contribution in [0.5, 0.6) is 0 Å². The molecule has 0 aliphatic rings. The van der Waals surface area contributed by atoms with Gasteiger partial charge in [0.05, 0.1) is 11.0 Å². The van der Waals surface area contributed by atoms with Crippen molar-refractivity contribution < 1.29 is 4.42 Å². The Morgan fingerprint density at radius 2 is 0.897 bits per heavy atom. The summed E-state index contributed by atoms with van der Waals surface area (Å²) in [6.45, 7) is 0. The lowest BCUT2D eigenvalue weighted by atomic mass is 9.99. The maximum atomic E-state index is 6.70. The van der Waals surface area contributed by atoms with Gasteiger partial charge in [-0.2, -0.15) is 0 Å². The molecule has 0 radical (unpaired) electrons. The molecule has 0 unspecified atom stereocenters. The Labute approximate surface area is 333 Å². The minimum absolute atomic E-state index is 0.610. The average Bonchev–Trinajstić information content (AvgIpc) is 3.84. The molecular weight excluding hydrogens is 709 g/mol. The van der Waals surface area contributed by atoms with Crippen molar-refractivity contribution in [2.24, 2.45) is 0 Å². The van der Waals surface area contributed by atoms with Crippen LogP contribution in [0.1, 0.15) is 0 Å². The fourth-order valence-corrected chi connectivity index (χ4v) is 8.56. The fraction of sp³-hybridized carbons (Fsp3) is 0. The molecule has 270 valence electrons. The second kappa shape index (κ2) is 12.8. The van der Waals surface area contributed by atoms with Gasteiger partial charge in [0.2, 0.25) is 0 Å². The molecule has 0 spiro atoms. The third-order valence-electron chi connectivity index (χ3n) is 11.4. The van der Waals surface area contributed by atoms with Gasteiger partial charge in [-0.3, -0.25) is 0 Å². The van der Waals surface area contributed by atoms with Gasteiger partial charge < -0.3 is 8.98 Å². The highest BCUT2D eigenvalue weighted by Crippen LogP contribution is 2.40. The Bertz CT molecular complexity index is 3570. The van der Waals surface area contributed by atoms with Crippen LogP contribution in [0.15, 0.2) is 199 Å². The molecule has 5 heteroatoms. The number of hydrogen-bond acceptors (Lipinski definition) is 4. The van der Waals surface area contributed by atoms with Crippen LogP contribution >= 0.6 is 0 Å². The molecule has 12 aromatic rings. The molecule has 0 saturated carbocycles. The zero-order valence-corrected chi connectivity index (χ0v) is 31.2. The van der Waals surface area contributed by atoms with Gasteiger partial charge in [0, 0.05) is 49.3 Å². The second-order valence-electron chi connectivity index (χ2n) is 14.8. The lowest BCUT2D eigenvalue weighted by molar-refractivity contribution is 0.672. The highest BCUT2D eigenvalue weighted by Gasteiger charge is 2.17. The largest absolute Gasteiger partial charge is 0.455 e. The van der Waals surface area contributed by atoms with Crippen molar-refractivity contribution >= 4 is 65.3 Å². The summed E-state index contributed by atoms with van der Waals surface area (Å²) in [5.41, 5.74) is 10.3. The first-order chi connectivity index (χ1) is 28.7. The maximum Gasteiger partial charge on any atom is 0.164 e. The van der Waals surface area contributed by atoms with Gasteiger partial charge in [-0.15, -0.1) is 0 Å². The molecule has 0 saturated heterocycles. The molecule has 58 heavy (non-hydrogen) atoms. The molecule has 0 aliphatic heterocycles. The van der Waals surface area contributed by atoms with E-state index < -0.39 is 0 Å². The number of aromatic nitrogens is 4. The molecule has 0 fully saturated rings. The lowest BCUT2D eigenvalue weighted by Gasteiger charge is -2.10. The van der Waals surface area contributed by atoms with Crippen LogP contribution in [0.4, 0.5) is 0 Å². The molecule has 3 aromatic heterocycles. The summed E-state index contributed by atoms with van der Waals surface area (Å²) >= 11 is 0. The third kappa shape index (κ3) is 5.21. The van der Waals surface area contributed by atoms with Crippen LogP contribution in [0, 0.1) is 0 Å². The van der Waals surface area contributed by atoms with E-state index in [2.05, 4.69) is 168 Å². The van der Waals surface area contributed by atoms with E-state index in [-0.39, 0.29) is 0 Å². The third-order valence-corrected chi connectivity index (χ3v) is 11.4. The summed E-state index contributed by atoms with van der Waals surface area (Å²) in [5, 5.41) is 9.02. The van der Waals surface area contributed by atoms with Gasteiger partial charge >= 0.3 is 0 Å². The number of para-hydroxylation sites is 2. The summed E-state index contributed by atoms with van der Waals surface area (Å²) in [6, 6.07) is 68.1. The molecule has 0 N–H and O–H groups in total. The number of benzene rings is 9. The van der Waals surface area contributed by atoms with Crippen molar-refractivity contribution in [2.45, 2.75) is 0 Å². The molecule has 3 heterocycles. The van der Waals surface area contributed by atoms with Crippen LogP contribution in [-0.2, 0) is 0 Å². The summed E-state index contributed by atoms with van der Waals surface area (Å²) in [4.78, 5) is 15.1. The first-order valence-corrected chi connectivity index (χ1v) is 19.5.